The maximum absolute atomic E-state index is 13.0. The monoisotopic (exact) mass is 456 g/mol. The van der Waals surface area contributed by atoms with Crippen LogP contribution in [0.15, 0.2) is 0 Å². The van der Waals surface area contributed by atoms with Crippen LogP contribution in [-0.2, 0) is 9.53 Å². The molecular weight excluding hydrogens is 416 g/mol. The van der Waals surface area contributed by atoms with Crippen molar-refractivity contribution in [3.05, 3.63) is 0 Å². The lowest BCUT2D eigenvalue weighted by Crippen LogP contribution is -2.64. The molecule has 4 fully saturated rings. The van der Waals surface area contributed by atoms with Gasteiger partial charge in [-0.05, 0) is 36.5 Å². The first-order valence-corrected chi connectivity index (χ1v) is 12.7. The predicted molar refractivity (Wildman–Crippen MR) is 121 cm³/mol. The van der Waals surface area contributed by atoms with Crippen LogP contribution in [0.4, 0.5) is 0 Å². The minimum atomic E-state index is -0.545. The standard InChI is InChI=1S/C22H40N4O4S/c1-21-4-3-17(28)22(2,13-27)16(21)12-15-19(25-20(23)31-15)14(21)11-18(29)24-5-6-26-7-9-30-10-8-26/h14-17,19-20,25,27-28H,3-13,23H2,1-2H3,(H,24,29). The first-order chi connectivity index (χ1) is 14.8. The third-order valence-electron chi connectivity index (χ3n) is 8.74. The van der Waals surface area contributed by atoms with E-state index in [1.54, 1.807) is 11.8 Å². The molecule has 0 aromatic heterocycles. The smallest absolute Gasteiger partial charge is 0.220 e. The van der Waals surface area contributed by atoms with Gasteiger partial charge in [0.2, 0.25) is 5.91 Å². The Morgan fingerprint density at radius 3 is 2.81 bits per heavy atom. The Morgan fingerprint density at radius 2 is 2.10 bits per heavy atom. The van der Waals surface area contributed by atoms with E-state index in [4.69, 9.17) is 10.5 Å². The van der Waals surface area contributed by atoms with Gasteiger partial charge in [-0.25, -0.2) is 0 Å². The molecule has 4 aliphatic rings. The third kappa shape index (κ3) is 4.52. The second-order valence-corrected chi connectivity index (χ2v) is 11.8. The van der Waals surface area contributed by atoms with Crippen molar-refractivity contribution in [2.24, 2.45) is 28.4 Å². The molecule has 2 saturated heterocycles. The summed E-state index contributed by atoms with van der Waals surface area (Å²) >= 11 is 1.74. The second-order valence-electron chi connectivity index (χ2n) is 10.4. The van der Waals surface area contributed by atoms with Gasteiger partial charge >= 0.3 is 0 Å². The molecule has 4 rings (SSSR count). The lowest BCUT2D eigenvalue weighted by atomic mass is 9.46. The molecule has 0 radical (unpaired) electrons. The van der Waals surface area contributed by atoms with Gasteiger partial charge in [0.25, 0.3) is 0 Å². The number of carbonyl (C=O) groups excluding carboxylic acids is 1. The summed E-state index contributed by atoms with van der Waals surface area (Å²) in [6.07, 6.45) is 2.38. The summed E-state index contributed by atoms with van der Waals surface area (Å²) in [5.41, 5.74) is 5.44. The van der Waals surface area contributed by atoms with Crippen molar-refractivity contribution in [2.75, 3.05) is 46.0 Å². The van der Waals surface area contributed by atoms with Gasteiger partial charge in [0, 0.05) is 49.3 Å². The third-order valence-corrected chi connectivity index (χ3v) is 10.0. The molecule has 0 aromatic carbocycles. The fourth-order valence-electron chi connectivity index (χ4n) is 6.77. The van der Waals surface area contributed by atoms with Crippen molar-refractivity contribution in [1.29, 1.82) is 0 Å². The first kappa shape index (κ1) is 23.7. The van der Waals surface area contributed by atoms with Gasteiger partial charge in [0.15, 0.2) is 0 Å². The molecule has 31 heavy (non-hydrogen) atoms. The van der Waals surface area contributed by atoms with E-state index < -0.39 is 11.5 Å². The predicted octanol–water partition coefficient (Wildman–Crippen LogP) is -0.0635. The van der Waals surface area contributed by atoms with E-state index >= 15 is 0 Å². The second kappa shape index (κ2) is 9.44. The quantitative estimate of drug-likeness (QED) is 0.377. The Labute approximate surface area is 190 Å². The molecule has 0 bridgehead atoms. The molecule has 8 atom stereocenters. The number of thioether (sulfide) groups is 1. The van der Waals surface area contributed by atoms with Gasteiger partial charge in [-0.3, -0.25) is 15.0 Å². The van der Waals surface area contributed by atoms with E-state index in [1.807, 2.05) is 6.92 Å². The summed E-state index contributed by atoms with van der Waals surface area (Å²) in [6.45, 7) is 9.12. The molecule has 6 N–H and O–H groups in total. The van der Waals surface area contributed by atoms with Gasteiger partial charge in [-0.2, -0.15) is 0 Å². The lowest BCUT2D eigenvalue weighted by molar-refractivity contribution is -0.167. The number of carbonyl (C=O) groups is 1. The average Bonchev–Trinajstić information content (AvgIpc) is 3.13. The molecule has 8 nitrogen and oxygen atoms in total. The van der Waals surface area contributed by atoms with Crippen LogP contribution in [0.1, 0.15) is 39.5 Å². The minimum Gasteiger partial charge on any atom is -0.396 e. The van der Waals surface area contributed by atoms with E-state index in [2.05, 4.69) is 22.5 Å². The number of aliphatic hydroxyl groups excluding tert-OH is 2. The maximum atomic E-state index is 13.0. The fourth-order valence-corrected chi connectivity index (χ4v) is 8.13. The summed E-state index contributed by atoms with van der Waals surface area (Å²) in [6, 6.07) is 0.185. The van der Waals surface area contributed by atoms with E-state index in [0.717, 1.165) is 45.7 Å². The molecule has 2 saturated carbocycles. The van der Waals surface area contributed by atoms with Crippen LogP contribution >= 0.6 is 11.8 Å². The van der Waals surface area contributed by atoms with Crippen molar-refractivity contribution >= 4 is 17.7 Å². The molecule has 2 aliphatic heterocycles. The number of amides is 1. The number of ether oxygens (including phenoxy) is 1. The Kier molecular flexibility index (Phi) is 7.23. The zero-order chi connectivity index (χ0) is 22.2. The maximum Gasteiger partial charge on any atom is 0.220 e. The molecule has 8 unspecified atom stereocenters. The van der Waals surface area contributed by atoms with Crippen LogP contribution in [0.2, 0.25) is 0 Å². The highest BCUT2D eigenvalue weighted by molar-refractivity contribution is 8.00. The highest BCUT2D eigenvalue weighted by atomic mass is 32.2. The number of rotatable bonds is 6. The first-order valence-electron chi connectivity index (χ1n) is 11.8. The average molecular weight is 457 g/mol. The molecule has 178 valence electrons. The van der Waals surface area contributed by atoms with Gasteiger partial charge in [-0.1, -0.05) is 13.8 Å². The van der Waals surface area contributed by atoms with Gasteiger partial charge in [-0.15, -0.1) is 11.8 Å². The van der Waals surface area contributed by atoms with Crippen LogP contribution in [0.3, 0.4) is 0 Å². The van der Waals surface area contributed by atoms with Crippen molar-refractivity contribution in [1.82, 2.24) is 15.5 Å². The highest BCUT2D eigenvalue weighted by Crippen LogP contribution is 2.62. The lowest BCUT2D eigenvalue weighted by Gasteiger charge is -2.61. The molecule has 2 heterocycles. The zero-order valence-electron chi connectivity index (χ0n) is 18.9. The van der Waals surface area contributed by atoms with Gasteiger partial charge < -0.3 is 26.0 Å². The normalized spacial score (nSPS) is 45.7. The number of nitrogens with zero attached hydrogens (tertiary/aromatic N) is 1. The summed E-state index contributed by atoms with van der Waals surface area (Å²) in [4.78, 5) is 15.3. The van der Waals surface area contributed by atoms with E-state index in [0.29, 0.717) is 24.6 Å². The molecule has 1 amide bonds. The van der Waals surface area contributed by atoms with Crippen LogP contribution in [0.5, 0.6) is 0 Å². The van der Waals surface area contributed by atoms with Gasteiger partial charge in [0.1, 0.15) is 5.50 Å². The van der Waals surface area contributed by atoms with Crippen LogP contribution < -0.4 is 16.4 Å². The van der Waals surface area contributed by atoms with Crippen molar-refractivity contribution < 1.29 is 19.7 Å². The van der Waals surface area contributed by atoms with E-state index in [1.165, 1.54) is 0 Å². The highest BCUT2D eigenvalue weighted by Gasteiger charge is 2.62. The number of hydrogen-bond acceptors (Lipinski definition) is 8. The molecule has 0 spiro atoms. The number of morpholine rings is 1. The van der Waals surface area contributed by atoms with Crippen LogP contribution in [0.25, 0.3) is 0 Å². The van der Waals surface area contributed by atoms with E-state index in [-0.39, 0.29) is 41.3 Å². The zero-order valence-corrected chi connectivity index (χ0v) is 19.7. The Bertz CT molecular complexity index is 651. The number of nitrogens with one attached hydrogen (secondary N) is 2. The number of nitrogens with two attached hydrogens (primary N) is 1. The van der Waals surface area contributed by atoms with Crippen molar-refractivity contribution in [3.63, 3.8) is 0 Å². The molecular formula is C22H40N4O4S. The number of hydrogen-bond donors (Lipinski definition) is 5. The van der Waals surface area contributed by atoms with E-state index in [9.17, 15) is 15.0 Å². The topological polar surface area (TPSA) is 120 Å². The summed E-state index contributed by atoms with van der Waals surface area (Å²) in [5, 5.41) is 28.0. The minimum absolute atomic E-state index is 0.0333. The molecule has 2 aliphatic carbocycles. The largest absolute Gasteiger partial charge is 0.396 e. The molecule has 0 aromatic rings. The molecule has 9 heteroatoms. The van der Waals surface area contributed by atoms with Gasteiger partial charge in [0.05, 0.1) is 25.9 Å². The summed E-state index contributed by atoms with van der Waals surface area (Å²) in [5.74, 6) is 0.364. The van der Waals surface area contributed by atoms with Crippen molar-refractivity contribution in [3.8, 4) is 0 Å². The fraction of sp³-hybridized carbons (Fsp3) is 0.955. The summed E-state index contributed by atoms with van der Waals surface area (Å²) in [7, 11) is 0. The van der Waals surface area contributed by atoms with Crippen LogP contribution in [-0.4, -0.2) is 89.9 Å². The SMILES string of the molecule is CC1(CO)C(O)CCC2(C)C(CC(=O)NCCN3CCOCC3)C3NC(N)SC3CC12. The number of fused-ring (bicyclic) bond motifs is 2. The van der Waals surface area contributed by atoms with Crippen molar-refractivity contribution in [2.45, 2.75) is 62.4 Å². The van der Waals surface area contributed by atoms with Crippen LogP contribution in [0, 0.1) is 22.7 Å². The summed E-state index contributed by atoms with van der Waals surface area (Å²) < 4.78 is 5.39. The Hall–Kier alpha value is -0.420. The Balaban J connectivity index is 1.46. The number of aliphatic hydroxyl groups is 2. The Morgan fingerprint density at radius 1 is 1.35 bits per heavy atom.